The maximum Gasteiger partial charge on any atom is 0.416 e. The summed E-state index contributed by atoms with van der Waals surface area (Å²) in [6, 6.07) is 1.20. The molecule has 0 unspecified atom stereocenters. The first-order valence-corrected chi connectivity index (χ1v) is 6.23. The predicted octanol–water partition coefficient (Wildman–Crippen LogP) is 2.33. The zero-order chi connectivity index (χ0) is 13.4. The fourth-order valence-electron chi connectivity index (χ4n) is 1.08. The lowest BCUT2D eigenvalue weighted by atomic mass is 10.1. The normalized spacial score (nSPS) is 12.5. The summed E-state index contributed by atoms with van der Waals surface area (Å²) < 4.78 is 58.9. The van der Waals surface area contributed by atoms with Gasteiger partial charge in [-0.25, -0.2) is 13.2 Å². The van der Waals surface area contributed by atoms with E-state index < -0.39 is 37.2 Å². The Morgan fingerprint density at radius 1 is 1.29 bits per heavy atom. The third kappa shape index (κ3) is 3.10. The van der Waals surface area contributed by atoms with Crippen LogP contribution in [0.4, 0.5) is 13.2 Å². The van der Waals surface area contributed by atoms with E-state index in [4.69, 9.17) is 15.8 Å². The lowest BCUT2D eigenvalue weighted by Crippen LogP contribution is -2.10. The van der Waals surface area contributed by atoms with Crippen LogP contribution in [-0.2, 0) is 15.2 Å². The minimum atomic E-state index is -4.78. The average molecular weight is 289 g/mol. The molecule has 0 radical (unpaired) electrons. The first-order valence-electron chi connectivity index (χ1n) is 3.92. The van der Waals surface area contributed by atoms with Gasteiger partial charge in [0.1, 0.15) is 0 Å². The molecule has 0 bridgehead atoms. The Bertz CT molecular complexity index is 565. The van der Waals surface area contributed by atoms with Crippen LogP contribution in [0.3, 0.4) is 0 Å². The molecule has 0 saturated carbocycles. The molecular weight excluding hydrogens is 285 g/mol. The number of benzene rings is 1. The van der Waals surface area contributed by atoms with Crippen LogP contribution in [-0.4, -0.2) is 19.5 Å². The van der Waals surface area contributed by atoms with Crippen LogP contribution in [0.15, 0.2) is 23.1 Å². The van der Waals surface area contributed by atoms with Gasteiger partial charge in [0, 0.05) is 10.7 Å². The molecule has 17 heavy (non-hydrogen) atoms. The Kier molecular flexibility index (Phi) is 3.40. The van der Waals surface area contributed by atoms with Crippen LogP contribution in [0.1, 0.15) is 15.9 Å². The van der Waals surface area contributed by atoms with E-state index in [0.717, 1.165) is 0 Å². The quantitative estimate of drug-likeness (QED) is 0.848. The maximum absolute atomic E-state index is 12.3. The number of alkyl halides is 3. The number of halogens is 4. The van der Waals surface area contributed by atoms with Gasteiger partial charge < -0.3 is 5.11 Å². The highest BCUT2D eigenvalue weighted by molar-refractivity contribution is 8.13. The maximum atomic E-state index is 12.3. The number of carboxylic acid groups (broad SMARTS) is 1. The smallest absolute Gasteiger partial charge is 0.416 e. The minimum Gasteiger partial charge on any atom is -0.478 e. The van der Waals surface area contributed by atoms with Gasteiger partial charge in [-0.3, -0.25) is 0 Å². The second kappa shape index (κ2) is 4.19. The topological polar surface area (TPSA) is 71.4 Å². The molecule has 1 N–H and O–H groups in total. The molecule has 0 saturated heterocycles. The molecule has 0 aliphatic rings. The summed E-state index contributed by atoms with van der Waals surface area (Å²) in [6.45, 7) is 0. The van der Waals surface area contributed by atoms with Crippen LogP contribution < -0.4 is 0 Å². The van der Waals surface area contributed by atoms with Gasteiger partial charge in [-0.1, -0.05) is 0 Å². The third-order valence-corrected chi connectivity index (χ3v) is 3.16. The molecule has 1 rings (SSSR count). The number of hydrogen-bond acceptors (Lipinski definition) is 3. The highest BCUT2D eigenvalue weighted by atomic mass is 35.7. The van der Waals surface area contributed by atoms with Crippen molar-refractivity contribution in [2.24, 2.45) is 0 Å². The third-order valence-electron chi connectivity index (χ3n) is 1.80. The molecule has 0 atom stereocenters. The van der Waals surface area contributed by atoms with Crippen LogP contribution >= 0.6 is 10.7 Å². The van der Waals surface area contributed by atoms with Crippen molar-refractivity contribution in [1.82, 2.24) is 0 Å². The van der Waals surface area contributed by atoms with Gasteiger partial charge in [-0.15, -0.1) is 0 Å². The van der Waals surface area contributed by atoms with E-state index in [1.54, 1.807) is 0 Å². The highest BCUT2D eigenvalue weighted by Crippen LogP contribution is 2.32. The summed E-state index contributed by atoms with van der Waals surface area (Å²) in [5.41, 5.74) is -2.10. The first kappa shape index (κ1) is 13.8. The van der Waals surface area contributed by atoms with Gasteiger partial charge in [0.25, 0.3) is 9.05 Å². The Balaban J connectivity index is 3.57. The number of carbonyl (C=O) groups is 1. The highest BCUT2D eigenvalue weighted by Gasteiger charge is 2.33. The molecule has 1 aromatic rings. The summed E-state index contributed by atoms with van der Waals surface area (Å²) in [6.07, 6.45) is -4.78. The number of rotatable bonds is 2. The summed E-state index contributed by atoms with van der Waals surface area (Å²) in [7, 11) is 0.301. The Morgan fingerprint density at radius 3 is 2.18 bits per heavy atom. The van der Waals surface area contributed by atoms with Gasteiger partial charge >= 0.3 is 12.1 Å². The Hall–Kier alpha value is -1.28. The standard InChI is InChI=1S/C8H4ClF3O4S/c9-17(15,16)6-3-4(8(10,11)12)1-2-5(6)7(13)14/h1-3H,(H,13,14). The molecule has 0 amide bonds. The van der Waals surface area contributed by atoms with E-state index in [1.165, 1.54) is 0 Å². The minimum absolute atomic E-state index is 0.186. The van der Waals surface area contributed by atoms with Crippen molar-refractivity contribution in [1.29, 1.82) is 0 Å². The molecule has 0 spiro atoms. The first-order chi connectivity index (χ1) is 7.53. The monoisotopic (exact) mass is 288 g/mol. The van der Waals surface area contributed by atoms with Crippen molar-refractivity contribution < 1.29 is 31.5 Å². The van der Waals surface area contributed by atoms with Crippen molar-refractivity contribution in [3.05, 3.63) is 29.3 Å². The largest absolute Gasteiger partial charge is 0.478 e. The fourth-order valence-corrected chi connectivity index (χ4v) is 2.15. The van der Waals surface area contributed by atoms with Gasteiger partial charge in [0.2, 0.25) is 0 Å². The number of carboxylic acids is 1. The Morgan fingerprint density at radius 2 is 1.82 bits per heavy atom. The van der Waals surface area contributed by atoms with E-state index in [0.29, 0.717) is 12.1 Å². The van der Waals surface area contributed by atoms with Crippen LogP contribution in [0.5, 0.6) is 0 Å². The zero-order valence-corrected chi connectivity index (χ0v) is 9.40. The van der Waals surface area contributed by atoms with E-state index >= 15 is 0 Å². The molecule has 0 fully saturated rings. The second-order valence-corrected chi connectivity index (χ2v) is 5.49. The Labute approximate surface area is 98.0 Å². The van der Waals surface area contributed by atoms with Gasteiger partial charge in [-0.05, 0) is 18.2 Å². The van der Waals surface area contributed by atoms with Gasteiger partial charge in [0.05, 0.1) is 16.0 Å². The van der Waals surface area contributed by atoms with Crippen molar-refractivity contribution in [2.45, 2.75) is 11.1 Å². The molecule has 0 heterocycles. The SMILES string of the molecule is O=C(O)c1ccc(C(F)(F)F)cc1S(=O)(=O)Cl. The molecule has 4 nitrogen and oxygen atoms in total. The molecule has 0 aliphatic heterocycles. The molecule has 1 aromatic carbocycles. The van der Waals surface area contributed by atoms with Crippen molar-refractivity contribution in [3.63, 3.8) is 0 Å². The van der Waals surface area contributed by atoms with Gasteiger partial charge in [0.15, 0.2) is 0 Å². The predicted molar refractivity (Wildman–Crippen MR) is 51.4 cm³/mol. The molecule has 0 aromatic heterocycles. The number of aromatic carboxylic acids is 1. The molecule has 94 valence electrons. The van der Waals surface area contributed by atoms with E-state index in [2.05, 4.69) is 0 Å². The van der Waals surface area contributed by atoms with Crippen molar-refractivity contribution in [2.75, 3.05) is 0 Å². The molecular formula is C8H4ClF3O4S. The van der Waals surface area contributed by atoms with Gasteiger partial charge in [-0.2, -0.15) is 13.2 Å². The van der Waals surface area contributed by atoms with Crippen molar-refractivity contribution in [3.8, 4) is 0 Å². The lowest BCUT2D eigenvalue weighted by molar-refractivity contribution is -0.137. The van der Waals surface area contributed by atoms with Crippen LogP contribution in [0.2, 0.25) is 0 Å². The molecule has 0 aliphatic carbocycles. The van der Waals surface area contributed by atoms with E-state index in [9.17, 15) is 26.4 Å². The fraction of sp³-hybridized carbons (Fsp3) is 0.125. The summed E-state index contributed by atoms with van der Waals surface area (Å²) in [4.78, 5) is 9.54. The van der Waals surface area contributed by atoms with Crippen molar-refractivity contribution >= 4 is 25.7 Å². The average Bonchev–Trinajstić information content (AvgIpc) is 2.14. The van der Waals surface area contributed by atoms with Crippen LogP contribution in [0, 0.1) is 0 Å². The summed E-state index contributed by atoms with van der Waals surface area (Å²) >= 11 is 0. The van der Waals surface area contributed by atoms with E-state index in [-0.39, 0.29) is 6.07 Å². The second-order valence-electron chi connectivity index (χ2n) is 2.95. The lowest BCUT2D eigenvalue weighted by Gasteiger charge is -2.09. The summed E-state index contributed by atoms with van der Waals surface area (Å²) in [5, 5.41) is 8.62. The van der Waals surface area contributed by atoms with Crippen LogP contribution in [0.25, 0.3) is 0 Å². The molecule has 9 heteroatoms. The number of hydrogen-bond donors (Lipinski definition) is 1. The van der Waals surface area contributed by atoms with E-state index in [1.807, 2.05) is 0 Å². The zero-order valence-electron chi connectivity index (χ0n) is 7.82. The summed E-state index contributed by atoms with van der Waals surface area (Å²) in [5.74, 6) is -1.68.